The van der Waals surface area contributed by atoms with Crippen LogP contribution in [0.25, 0.3) is 0 Å². The summed E-state index contributed by atoms with van der Waals surface area (Å²) in [7, 11) is 0. The van der Waals surface area contributed by atoms with Crippen LogP contribution in [-0.4, -0.2) is 27.5 Å². The lowest BCUT2D eigenvalue weighted by Gasteiger charge is -2.16. The van der Waals surface area contributed by atoms with Crippen molar-refractivity contribution in [2.24, 2.45) is 11.8 Å². The first-order chi connectivity index (χ1) is 9.73. The van der Waals surface area contributed by atoms with E-state index in [0.717, 1.165) is 0 Å². The number of rotatable bonds is 7. The SMILES string of the molecule is Cc1c([N+](=O)[O-])cnc(NCC(CC(C)C)C(=O)O)c1Br. The number of pyridine rings is 1. The van der Waals surface area contributed by atoms with Crippen LogP contribution in [-0.2, 0) is 4.79 Å². The number of anilines is 1. The van der Waals surface area contributed by atoms with Crippen molar-refractivity contribution in [2.45, 2.75) is 27.2 Å². The monoisotopic (exact) mass is 359 g/mol. The Morgan fingerprint density at radius 2 is 2.19 bits per heavy atom. The summed E-state index contributed by atoms with van der Waals surface area (Å²) in [6.45, 7) is 5.74. The van der Waals surface area contributed by atoms with Crippen molar-refractivity contribution >= 4 is 33.4 Å². The topological polar surface area (TPSA) is 105 Å². The number of nitro groups is 1. The summed E-state index contributed by atoms with van der Waals surface area (Å²) in [4.78, 5) is 25.5. The van der Waals surface area contributed by atoms with Crippen molar-refractivity contribution in [3.63, 3.8) is 0 Å². The molecule has 0 saturated heterocycles. The van der Waals surface area contributed by atoms with Crippen molar-refractivity contribution in [2.75, 3.05) is 11.9 Å². The molecule has 7 nitrogen and oxygen atoms in total. The Balaban J connectivity index is 2.86. The van der Waals surface area contributed by atoms with Gasteiger partial charge < -0.3 is 10.4 Å². The molecule has 21 heavy (non-hydrogen) atoms. The molecule has 0 saturated carbocycles. The number of carbonyl (C=O) groups is 1. The Morgan fingerprint density at radius 3 is 2.67 bits per heavy atom. The zero-order chi connectivity index (χ0) is 16.2. The second-order valence-corrected chi connectivity index (χ2v) is 6.03. The molecule has 0 radical (unpaired) electrons. The number of carboxylic acids is 1. The third-order valence-electron chi connectivity index (χ3n) is 3.06. The zero-order valence-electron chi connectivity index (χ0n) is 12.1. The van der Waals surface area contributed by atoms with Gasteiger partial charge in [0.15, 0.2) is 0 Å². The fourth-order valence-electron chi connectivity index (χ4n) is 1.94. The van der Waals surface area contributed by atoms with Crippen LogP contribution in [0.4, 0.5) is 11.5 Å². The minimum atomic E-state index is -0.869. The zero-order valence-corrected chi connectivity index (χ0v) is 13.7. The van der Waals surface area contributed by atoms with E-state index in [9.17, 15) is 20.0 Å². The third-order valence-corrected chi connectivity index (χ3v) is 4.03. The van der Waals surface area contributed by atoms with Crippen LogP contribution >= 0.6 is 15.9 Å². The van der Waals surface area contributed by atoms with Gasteiger partial charge in [-0.15, -0.1) is 0 Å². The molecule has 2 N–H and O–H groups in total. The lowest BCUT2D eigenvalue weighted by atomic mass is 9.97. The number of carboxylic acid groups (broad SMARTS) is 1. The first kappa shape index (κ1) is 17.4. The molecular weight excluding hydrogens is 342 g/mol. The number of aliphatic carboxylic acids is 1. The molecule has 0 aliphatic rings. The molecule has 0 aromatic carbocycles. The van der Waals surface area contributed by atoms with Gasteiger partial charge in [-0.3, -0.25) is 14.9 Å². The molecule has 1 atom stereocenters. The van der Waals surface area contributed by atoms with Gasteiger partial charge in [-0.05, 0) is 35.2 Å². The molecular formula is C13H18BrN3O4. The summed E-state index contributed by atoms with van der Waals surface area (Å²) in [5.41, 5.74) is 0.373. The van der Waals surface area contributed by atoms with E-state index in [0.29, 0.717) is 22.3 Å². The largest absolute Gasteiger partial charge is 0.481 e. The van der Waals surface area contributed by atoms with Crippen LogP contribution in [0, 0.1) is 28.9 Å². The van der Waals surface area contributed by atoms with Gasteiger partial charge in [-0.2, -0.15) is 0 Å². The van der Waals surface area contributed by atoms with Crippen LogP contribution in [0.1, 0.15) is 25.8 Å². The van der Waals surface area contributed by atoms with Gasteiger partial charge in [-0.25, -0.2) is 4.98 Å². The number of aromatic nitrogens is 1. The second kappa shape index (κ2) is 7.35. The van der Waals surface area contributed by atoms with Gasteiger partial charge in [0.2, 0.25) is 0 Å². The molecule has 1 aromatic heterocycles. The van der Waals surface area contributed by atoms with Crippen LogP contribution in [0.2, 0.25) is 0 Å². The summed E-state index contributed by atoms with van der Waals surface area (Å²) in [5.74, 6) is -0.726. The Kier molecular flexibility index (Phi) is 6.07. The van der Waals surface area contributed by atoms with Crippen LogP contribution < -0.4 is 5.32 Å². The molecule has 1 heterocycles. The highest BCUT2D eigenvalue weighted by molar-refractivity contribution is 9.10. The summed E-state index contributed by atoms with van der Waals surface area (Å²) in [5, 5.41) is 22.9. The molecule has 1 unspecified atom stereocenters. The normalized spacial score (nSPS) is 12.2. The first-order valence-corrected chi connectivity index (χ1v) is 7.29. The lowest BCUT2D eigenvalue weighted by molar-refractivity contribution is -0.385. The molecule has 0 amide bonds. The predicted octanol–water partition coefficient (Wildman–Crippen LogP) is 3.22. The van der Waals surface area contributed by atoms with Crippen molar-refractivity contribution in [3.8, 4) is 0 Å². The molecule has 1 rings (SSSR count). The highest BCUT2D eigenvalue weighted by atomic mass is 79.9. The lowest BCUT2D eigenvalue weighted by Crippen LogP contribution is -2.25. The Labute approximate surface area is 131 Å². The maximum atomic E-state index is 11.2. The maximum absolute atomic E-state index is 11.2. The van der Waals surface area contributed by atoms with Crippen molar-refractivity contribution in [3.05, 3.63) is 26.3 Å². The number of nitrogens with one attached hydrogen (secondary N) is 1. The van der Waals surface area contributed by atoms with E-state index in [1.165, 1.54) is 6.20 Å². The van der Waals surface area contributed by atoms with E-state index < -0.39 is 16.8 Å². The summed E-state index contributed by atoms with van der Waals surface area (Å²) >= 11 is 3.26. The Morgan fingerprint density at radius 1 is 1.57 bits per heavy atom. The molecule has 0 aliphatic carbocycles. The van der Waals surface area contributed by atoms with Crippen molar-refractivity contribution in [1.29, 1.82) is 0 Å². The second-order valence-electron chi connectivity index (χ2n) is 5.23. The number of halogens is 1. The number of hydrogen-bond acceptors (Lipinski definition) is 5. The average Bonchev–Trinajstić information content (AvgIpc) is 2.37. The van der Waals surface area contributed by atoms with E-state index in [2.05, 4.69) is 26.2 Å². The molecule has 0 spiro atoms. The standard InChI is InChI=1S/C13H18BrN3O4/c1-7(2)4-9(13(18)19)5-15-12-11(14)8(3)10(6-16-12)17(20)21/h6-7,9H,4-5H2,1-3H3,(H,15,16)(H,18,19). The quantitative estimate of drug-likeness (QED) is 0.571. The minimum absolute atomic E-state index is 0.0793. The first-order valence-electron chi connectivity index (χ1n) is 6.50. The summed E-state index contributed by atoms with van der Waals surface area (Å²) in [6.07, 6.45) is 1.71. The minimum Gasteiger partial charge on any atom is -0.481 e. The van der Waals surface area contributed by atoms with Gasteiger partial charge >= 0.3 is 5.97 Å². The van der Waals surface area contributed by atoms with E-state index in [1.807, 2.05) is 13.8 Å². The Hall–Kier alpha value is -1.70. The maximum Gasteiger partial charge on any atom is 0.308 e. The molecule has 0 fully saturated rings. The predicted molar refractivity (Wildman–Crippen MR) is 82.4 cm³/mol. The van der Waals surface area contributed by atoms with Gasteiger partial charge in [-0.1, -0.05) is 13.8 Å². The van der Waals surface area contributed by atoms with Crippen LogP contribution in [0.15, 0.2) is 10.7 Å². The fraction of sp³-hybridized carbons (Fsp3) is 0.538. The van der Waals surface area contributed by atoms with E-state index in [-0.39, 0.29) is 18.2 Å². The smallest absolute Gasteiger partial charge is 0.308 e. The van der Waals surface area contributed by atoms with Crippen molar-refractivity contribution < 1.29 is 14.8 Å². The van der Waals surface area contributed by atoms with Crippen molar-refractivity contribution in [1.82, 2.24) is 4.98 Å². The average molecular weight is 360 g/mol. The molecule has 0 bridgehead atoms. The Bertz CT molecular complexity index is 548. The third kappa shape index (κ3) is 4.66. The van der Waals surface area contributed by atoms with Gasteiger partial charge in [0.1, 0.15) is 12.0 Å². The molecule has 1 aromatic rings. The fourth-order valence-corrected chi connectivity index (χ4v) is 2.38. The van der Waals surface area contributed by atoms with Gasteiger partial charge in [0.25, 0.3) is 5.69 Å². The van der Waals surface area contributed by atoms with E-state index >= 15 is 0 Å². The number of nitrogens with zero attached hydrogens (tertiary/aromatic N) is 2. The highest BCUT2D eigenvalue weighted by Gasteiger charge is 2.21. The molecule has 116 valence electrons. The van der Waals surface area contributed by atoms with E-state index in [1.54, 1.807) is 6.92 Å². The van der Waals surface area contributed by atoms with Crippen LogP contribution in [0.3, 0.4) is 0 Å². The number of hydrogen-bond donors (Lipinski definition) is 2. The van der Waals surface area contributed by atoms with Gasteiger partial charge in [0, 0.05) is 12.1 Å². The molecule has 8 heteroatoms. The summed E-state index contributed by atoms with van der Waals surface area (Å²) < 4.78 is 0.477. The molecule has 0 aliphatic heterocycles. The summed E-state index contributed by atoms with van der Waals surface area (Å²) in [6, 6.07) is 0. The van der Waals surface area contributed by atoms with E-state index in [4.69, 9.17) is 0 Å². The van der Waals surface area contributed by atoms with Gasteiger partial charge in [0.05, 0.1) is 15.3 Å². The highest BCUT2D eigenvalue weighted by Crippen LogP contribution is 2.30. The van der Waals surface area contributed by atoms with Crippen LogP contribution in [0.5, 0.6) is 0 Å².